The fourth-order valence-corrected chi connectivity index (χ4v) is 3.19. The molecule has 110 valence electrons. The van der Waals surface area contributed by atoms with Crippen LogP contribution in [0.5, 0.6) is 0 Å². The standard InChI is InChI=1S/C15H28N2O2/c1-17(11-14-3-2-10-19-14)15(18)9-6-12-4-7-13(16)8-5-12/h12-14H,2-11,16H2,1H3. The number of ether oxygens (including phenoxy) is 1. The Morgan fingerprint density at radius 1 is 1.26 bits per heavy atom. The van der Waals surface area contributed by atoms with Gasteiger partial charge in [-0.05, 0) is 50.9 Å². The van der Waals surface area contributed by atoms with Gasteiger partial charge in [-0.3, -0.25) is 4.79 Å². The van der Waals surface area contributed by atoms with Crippen molar-refractivity contribution in [2.75, 3.05) is 20.2 Å². The summed E-state index contributed by atoms with van der Waals surface area (Å²) in [6.45, 7) is 1.61. The third-order valence-electron chi connectivity index (χ3n) is 4.59. The van der Waals surface area contributed by atoms with Crippen molar-refractivity contribution in [1.29, 1.82) is 0 Å². The molecular weight excluding hydrogens is 240 g/mol. The summed E-state index contributed by atoms with van der Waals surface area (Å²) < 4.78 is 5.57. The molecule has 1 unspecified atom stereocenters. The lowest BCUT2D eigenvalue weighted by Crippen LogP contribution is -2.34. The van der Waals surface area contributed by atoms with Gasteiger partial charge in [-0.2, -0.15) is 0 Å². The second-order valence-corrected chi connectivity index (χ2v) is 6.23. The number of carbonyl (C=O) groups is 1. The van der Waals surface area contributed by atoms with E-state index in [-0.39, 0.29) is 12.0 Å². The fourth-order valence-electron chi connectivity index (χ4n) is 3.19. The Morgan fingerprint density at radius 2 is 2.00 bits per heavy atom. The predicted octanol–water partition coefficient (Wildman–Crippen LogP) is 1.92. The molecule has 2 aliphatic rings. The molecule has 19 heavy (non-hydrogen) atoms. The highest BCUT2D eigenvalue weighted by Crippen LogP contribution is 2.27. The molecule has 0 bridgehead atoms. The average Bonchev–Trinajstić information content (AvgIpc) is 2.90. The Morgan fingerprint density at radius 3 is 2.63 bits per heavy atom. The maximum Gasteiger partial charge on any atom is 0.222 e. The van der Waals surface area contributed by atoms with Crippen molar-refractivity contribution >= 4 is 5.91 Å². The normalized spacial score (nSPS) is 31.4. The molecular formula is C15H28N2O2. The molecule has 1 aliphatic carbocycles. The van der Waals surface area contributed by atoms with Crippen LogP contribution in [-0.2, 0) is 9.53 Å². The summed E-state index contributed by atoms with van der Waals surface area (Å²) in [6, 6.07) is 0.397. The van der Waals surface area contributed by atoms with Crippen LogP contribution >= 0.6 is 0 Å². The number of carbonyl (C=O) groups excluding carboxylic acids is 1. The number of hydrogen-bond donors (Lipinski definition) is 1. The molecule has 4 heteroatoms. The van der Waals surface area contributed by atoms with Crippen LogP contribution in [0, 0.1) is 5.92 Å². The lowest BCUT2D eigenvalue weighted by atomic mass is 9.84. The van der Waals surface area contributed by atoms with E-state index in [0.717, 1.165) is 45.3 Å². The Labute approximate surface area is 116 Å². The molecule has 4 nitrogen and oxygen atoms in total. The zero-order chi connectivity index (χ0) is 13.7. The number of nitrogens with zero attached hydrogens (tertiary/aromatic N) is 1. The SMILES string of the molecule is CN(CC1CCCO1)C(=O)CCC1CCC(N)CC1. The summed E-state index contributed by atoms with van der Waals surface area (Å²) in [5.41, 5.74) is 5.90. The third-order valence-corrected chi connectivity index (χ3v) is 4.59. The van der Waals surface area contributed by atoms with Gasteiger partial charge in [0.15, 0.2) is 0 Å². The van der Waals surface area contributed by atoms with Crippen LogP contribution in [0.4, 0.5) is 0 Å². The number of likely N-dealkylation sites (N-methyl/N-ethyl adjacent to an activating group) is 1. The number of amides is 1. The summed E-state index contributed by atoms with van der Waals surface area (Å²) in [6.07, 6.45) is 8.86. The second kappa shape index (κ2) is 7.25. The van der Waals surface area contributed by atoms with Gasteiger partial charge in [0.1, 0.15) is 0 Å². The Kier molecular flexibility index (Phi) is 5.64. The smallest absolute Gasteiger partial charge is 0.222 e. The van der Waals surface area contributed by atoms with E-state index in [1.54, 1.807) is 0 Å². The van der Waals surface area contributed by atoms with Gasteiger partial charge >= 0.3 is 0 Å². The summed E-state index contributed by atoms with van der Waals surface area (Å²) in [7, 11) is 1.90. The van der Waals surface area contributed by atoms with Crippen LogP contribution in [0.15, 0.2) is 0 Å². The summed E-state index contributed by atoms with van der Waals surface area (Å²) in [5, 5.41) is 0. The summed E-state index contributed by atoms with van der Waals surface area (Å²) in [4.78, 5) is 13.9. The maximum atomic E-state index is 12.1. The van der Waals surface area contributed by atoms with Gasteiger partial charge in [0, 0.05) is 32.7 Å². The molecule has 0 radical (unpaired) electrons. The van der Waals surface area contributed by atoms with Crippen molar-refractivity contribution < 1.29 is 9.53 Å². The highest BCUT2D eigenvalue weighted by Gasteiger charge is 2.22. The second-order valence-electron chi connectivity index (χ2n) is 6.23. The Hall–Kier alpha value is -0.610. The van der Waals surface area contributed by atoms with E-state index in [9.17, 15) is 4.79 Å². The molecule has 1 saturated carbocycles. The van der Waals surface area contributed by atoms with Gasteiger partial charge in [-0.15, -0.1) is 0 Å². The van der Waals surface area contributed by atoms with Gasteiger partial charge < -0.3 is 15.4 Å². The first-order valence-corrected chi connectivity index (χ1v) is 7.76. The maximum absolute atomic E-state index is 12.1. The Balaban J connectivity index is 1.62. The van der Waals surface area contributed by atoms with Crippen LogP contribution in [-0.4, -0.2) is 43.2 Å². The molecule has 0 spiro atoms. The Bertz CT molecular complexity index is 282. The first-order chi connectivity index (χ1) is 9.15. The summed E-state index contributed by atoms with van der Waals surface area (Å²) in [5.74, 6) is 0.977. The monoisotopic (exact) mass is 268 g/mol. The molecule has 2 rings (SSSR count). The molecule has 1 amide bonds. The van der Waals surface area contributed by atoms with E-state index < -0.39 is 0 Å². The fraction of sp³-hybridized carbons (Fsp3) is 0.933. The lowest BCUT2D eigenvalue weighted by Gasteiger charge is -2.27. The molecule has 1 atom stereocenters. The average molecular weight is 268 g/mol. The van der Waals surface area contributed by atoms with E-state index in [4.69, 9.17) is 10.5 Å². The van der Waals surface area contributed by atoms with Crippen molar-refractivity contribution in [3.05, 3.63) is 0 Å². The molecule has 1 saturated heterocycles. The van der Waals surface area contributed by atoms with Gasteiger partial charge in [0.05, 0.1) is 6.10 Å². The lowest BCUT2D eigenvalue weighted by molar-refractivity contribution is -0.131. The number of rotatable bonds is 5. The minimum absolute atomic E-state index is 0.265. The van der Waals surface area contributed by atoms with Gasteiger partial charge in [0.25, 0.3) is 0 Å². The van der Waals surface area contributed by atoms with Crippen LogP contribution < -0.4 is 5.73 Å². The number of nitrogens with two attached hydrogens (primary N) is 1. The van der Waals surface area contributed by atoms with Gasteiger partial charge in [0.2, 0.25) is 5.91 Å². The quantitative estimate of drug-likeness (QED) is 0.829. The third kappa shape index (κ3) is 4.77. The molecule has 0 aromatic rings. The minimum atomic E-state index is 0.265. The van der Waals surface area contributed by atoms with Crippen LogP contribution in [0.1, 0.15) is 51.4 Å². The zero-order valence-electron chi connectivity index (χ0n) is 12.1. The molecule has 2 N–H and O–H groups in total. The first kappa shape index (κ1) is 14.8. The molecule has 0 aromatic carbocycles. The largest absolute Gasteiger partial charge is 0.376 e. The van der Waals surface area contributed by atoms with Crippen LogP contribution in [0.25, 0.3) is 0 Å². The highest BCUT2D eigenvalue weighted by molar-refractivity contribution is 5.75. The van der Waals surface area contributed by atoms with Crippen LogP contribution in [0.3, 0.4) is 0 Å². The van der Waals surface area contributed by atoms with E-state index in [2.05, 4.69) is 0 Å². The molecule has 0 aromatic heterocycles. The van der Waals surface area contributed by atoms with Gasteiger partial charge in [-0.25, -0.2) is 0 Å². The van der Waals surface area contributed by atoms with Crippen molar-refractivity contribution in [2.45, 2.75) is 63.5 Å². The molecule has 1 aliphatic heterocycles. The van der Waals surface area contributed by atoms with E-state index in [1.165, 1.54) is 12.8 Å². The molecule has 2 fully saturated rings. The molecule has 1 heterocycles. The topological polar surface area (TPSA) is 55.6 Å². The van der Waals surface area contributed by atoms with Crippen molar-refractivity contribution in [2.24, 2.45) is 11.7 Å². The number of hydrogen-bond acceptors (Lipinski definition) is 3. The van der Waals surface area contributed by atoms with E-state index >= 15 is 0 Å². The van der Waals surface area contributed by atoms with Gasteiger partial charge in [-0.1, -0.05) is 0 Å². The minimum Gasteiger partial charge on any atom is -0.376 e. The summed E-state index contributed by atoms with van der Waals surface area (Å²) >= 11 is 0. The van der Waals surface area contributed by atoms with E-state index in [0.29, 0.717) is 18.4 Å². The van der Waals surface area contributed by atoms with Crippen molar-refractivity contribution in [3.63, 3.8) is 0 Å². The van der Waals surface area contributed by atoms with Crippen molar-refractivity contribution in [3.8, 4) is 0 Å². The first-order valence-electron chi connectivity index (χ1n) is 7.76. The van der Waals surface area contributed by atoms with Crippen molar-refractivity contribution in [1.82, 2.24) is 4.90 Å². The highest BCUT2D eigenvalue weighted by atomic mass is 16.5. The van der Waals surface area contributed by atoms with Crippen LogP contribution in [0.2, 0.25) is 0 Å². The predicted molar refractivity (Wildman–Crippen MR) is 75.8 cm³/mol. The zero-order valence-corrected chi connectivity index (χ0v) is 12.1. The van der Waals surface area contributed by atoms with E-state index in [1.807, 2.05) is 11.9 Å².